The Kier molecular flexibility index (Phi) is 34.8. The minimum Gasteiger partial charge on any atom is -0.756 e. The fraction of sp³-hybridized carbons (Fsp3) is 0.727. The molecule has 0 aliphatic carbocycles. The summed E-state index contributed by atoms with van der Waals surface area (Å²) in [6.45, 7) is 4.02. The van der Waals surface area contributed by atoms with E-state index in [1.807, 2.05) is 21.1 Å². The number of phosphoric ester groups is 1. The maximum Gasteiger partial charge on any atom is 0.306 e. The summed E-state index contributed by atoms with van der Waals surface area (Å²) >= 11 is 0. The summed E-state index contributed by atoms with van der Waals surface area (Å²) in [4.78, 5) is 37.4. The molecule has 0 aromatic rings. The van der Waals surface area contributed by atoms with Crippen LogP contribution in [0.2, 0.25) is 0 Å². The Morgan fingerprint density at radius 2 is 1.06 bits per heavy atom. The van der Waals surface area contributed by atoms with Crippen molar-refractivity contribution >= 4 is 19.8 Å². The van der Waals surface area contributed by atoms with Gasteiger partial charge in [-0.2, -0.15) is 0 Å². The maximum atomic E-state index is 12.6. The van der Waals surface area contributed by atoms with Gasteiger partial charge < -0.3 is 27.9 Å². The second-order valence-corrected chi connectivity index (χ2v) is 16.4. The van der Waals surface area contributed by atoms with Gasteiger partial charge in [0.1, 0.15) is 19.8 Å². The molecule has 312 valence electrons. The Bertz CT molecular complexity index is 1110. The smallest absolute Gasteiger partial charge is 0.306 e. The molecule has 0 N–H and O–H groups in total. The van der Waals surface area contributed by atoms with Crippen LogP contribution in [0.5, 0.6) is 0 Å². The molecule has 0 radical (unpaired) electrons. The maximum absolute atomic E-state index is 12.6. The molecular weight excluding hydrogens is 701 g/mol. The highest BCUT2D eigenvalue weighted by molar-refractivity contribution is 7.45. The average molecular weight is 780 g/mol. The first kappa shape index (κ1) is 51.7. The second kappa shape index (κ2) is 36.4. The van der Waals surface area contributed by atoms with Gasteiger partial charge in [0.2, 0.25) is 0 Å². The number of unbranched alkanes of at least 4 members (excludes halogenated alkanes) is 13. The Labute approximate surface area is 330 Å². The van der Waals surface area contributed by atoms with E-state index in [0.29, 0.717) is 23.9 Å². The summed E-state index contributed by atoms with van der Waals surface area (Å²) in [6.07, 6.45) is 42.5. The number of quaternary nitrogens is 1. The van der Waals surface area contributed by atoms with Crippen LogP contribution in [0.25, 0.3) is 0 Å². The third-order valence-corrected chi connectivity index (χ3v) is 9.49. The number of ether oxygens (including phenoxy) is 2. The molecule has 0 aromatic heterocycles. The molecule has 0 amide bonds. The summed E-state index contributed by atoms with van der Waals surface area (Å²) in [6, 6.07) is 0. The minimum absolute atomic E-state index is 0.0436. The zero-order chi connectivity index (χ0) is 40.0. The van der Waals surface area contributed by atoms with E-state index in [4.69, 9.17) is 18.5 Å². The Morgan fingerprint density at radius 3 is 1.63 bits per heavy atom. The van der Waals surface area contributed by atoms with Gasteiger partial charge in [0.25, 0.3) is 7.82 Å². The lowest BCUT2D eigenvalue weighted by molar-refractivity contribution is -0.870. The minimum atomic E-state index is -4.64. The van der Waals surface area contributed by atoms with Gasteiger partial charge >= 0.3 is 11.9 Å². The zero-order valence-corrected chi connectivity index (χ0v) is 35.8. The van der Waals surface area contributed by atoms with Gasteiger partial charge in [-0.3, -0.25) is 14.2 Å². The monoisotopic (exact) mass is 780 g/mol. The largest absolute Gasteiger partial charge is 0.756 e. The van der Waals surface area contributed by atoms with Crippen molar-refractivity contribution in [1.29, 1.82) is 0 Å². The van der Waals surface area contributed by atoms with Gasteiger partial charge in [-0.1, -0.05) is 126 Å². The first-order valence-corrected chi connectivity index (χ1v) is 22.5. The number of carbonyl (C=O) groups excluding carboxylic acids is 2. The molecule has 0 aromatic carbocycles. The van der Waals surface area contributed by atoms with Crippen molar-refractivity contribution in [3.8, 4) is 0 Å². The molecular formula is C44H78NO8P. The van der Waals surface area contributed by atoms with E-state index < -0.39 is 32.5 Å². The summed E-state index contributed by atoms with van der Waals surface area (Å²) in [7, 11) is 1.12. The molecule has 0 bridgehead atoms. The fourth-order valence-electron chi connectivity index (χ4n) is 5.23. The van der Waals surface area contributed by atoms with E-state index in [0.717, 1.165) is 64.2 Å². The first-order valence-electron chi connectivity index (χ1n) is 21.0. The average Bonchev–Trinajstić information content (AvgIpc) is 3.12. The van der Waals surface area contributed by atoms with Gasteiger partial charge in [0.15, 0.2) is 6.10 Å². The van der Waals surface area contributed by atoms with Gasteiger partial charge in [-0.25, -0.2) is 0 Å². The highest BCUT2D eigenvalue weighted by Crippen LogP contribution is 2.38. The second-order valence-electron chi connectivity index (χ2n) is 15.0. The number of hydrogen-bond acceptors (Lipinski definition) is 8. The molecule has 54 heavy (non-hydrogen) atoms. The highest BCUT2D eigenvalue weighted by Gasteiger charge is 2.21. The van der Waals surface area contributed by atoms with Gasteiger partial charge in [-0.15, -0.1) is 0 Å². The number of rotatable bonds is 37. The van der Waals surface area contributed by atoms with E-state index >= 15 is 0 Å². The van der Waals surface area contributed by atoms with Crippen LogP contribution in [0.1, 0.15) is 155 Å². The molecule has 0 rings (SSSR count). The lowest BCUT2D eigenvalue weighted by atomic mass is 10.1. The van der Waals surface area contributed by atoms with Gasteiger partial charge in [0, 0.05) is 12.8 Å². The summed E-state index contributed by atoms with van der Waals surface area (Å²) in [5.74, 6) is -0.907. The number of nitrogens with zero attached hydrogens (tertiary/aromatic N) is 1. The normalized spacial score (nSPS) is 14.3. The number of likely N-dealkylation sites (N-methyl/N-ethyl adjacent to an activating group) is 1. The Balaban J connectivity index is 4.49. The van der Waals surface area contributed by atoms with Crippen LogP contribution in [-0.4, -0.2) is 70.0 Å². The molecule has 9 nitrogen and oxygen atoms in total. The number of hydrogen-bond donors (Lipinski definition) is 0. The van der Waals surface area contributed by atoms with Crippen molar-refractivity contribution < 1.29 is 42.1 Å². The SMILES string of the molecule is CC/C=C/C/C=C/C/C=C/C/C=C/CCCCC(=O)O[C@H](COC(=O)CCCCC/C=C/CCCCCCCCCC)COP(=O)([O-])OCC[N+](C)(C)C. The van der Waals surface area contributed by atoms with Crippen LogP contribution in [0, 0.1) is 0 Å². The zero-order valence-electron chi connectivity index (χ0n) is 34.9. The van der Waals surface area contributed by atoms with Crippen molar-refractivity contribution in [1.82, 2.24) is 0 Å². The van der Waals surface area contributed by atoms with Crippen LogP contribution in [-0.2, 0) is 32.7 Å². The number of esters is 2. The number of phosphoric acid groups is 1. The standard InChI is InChI=1S/C44H78NO8P/c1-6-8-10-12-14-16-18-20-22-24-26-28-30-32-34-36-43(46)50-40-42(41-52-54(48,49)51-39-38-45(3,4)5)53-44(47)37-35-33-31-29-27-25-23-21-19-17-15-13-11-9-7-2/h9,11,15,17,21,23-24,26-27,29,42H,6-8,10,12-14,16,18-20,22,25,28,30-41H2,1-5H3/b11-9+,17-15+,23-21+,26-24+,29-27+/t42-/m1/s1. The molecule has 1 unspecified atom stereocenters. The molecule has 0 aliphatic heterocycles. The molecule has 0 spiro atoms. The molecule has 10 heteroatoms. The molecule has 2 atom stereocenters. The van der Waals surface area contributed by atoms with Crippen LogP contribution >= 0.6 is 7.82 Å². The van der Waals surface area contributed by atoms with Gasteiger partial charge in [0.05, 0.1) is 27.7 Å². The number of carbonyl (C=O) groups is 2. The van der Waals surface area contributed by atoms with Crippen molar-refractivity contribution in [3.63, 3.8) is 0 Å². The predicted molar refractivity (Wildman–Crippen MR) is 222 cm³/mol. The molecule has 0 aliphatic rings. The van der Waals surface area contributed by atoms with E-state index in [2.05, 4.69) is 74.6 Å². The van der Waals surface area contributed by atoms with Crippen molar-refractivity contribution in [3.05, 3.63) is 60.8 Å². The van der Waals surface area contributed by atoms with E-state index in [9.17, 15) is 19.0 Å². The van der Waals surface area contributed by atoms with Crippen LogP contribution in [0.4, 0.5) is 0 Å². The predicted octanol–water partition coefficient (Wildman–Crippen LogP) is 11.1. The Morgan fingerprint density at radius 1 is 0.593 bits per heavy atom. The third-order valence-electron chi connectivity index (χ3n) is 8.52. The van der Waals surface area contributed by atoms with Crippen LogP contribution in [0.15, 0.2) is 60.8 Å². The first-order chi connectivity index (χ1) is 26.0. The summed E-state index contributed by atoms with van der Waals surface area (Å²) in [5.41, 5.74) is 0. The molecule has 0 heterocycles. The fourth-order valence-corrected chi connectivity index (χ4v) is 5.96. The quantitative estimate of drug-likeness (QED) is 0.0201. The van der Waals surface area contributed by atoms with E-state index in [1.165, 1.54) is 51.4 Å². The lowest BCUT2D eigenvalue weighted by Gasteiger charge is -2.28. The van der Waals surface area contributed by atoms with Gasteiger partial charge in [-0.05, 0) is 77.0 Å². The van der Waals surface area contributed by atoms with E-state index in [-0.39, 0.29) is 26.1 Å². The number of allylic oxidation sites excluding steroid dienone is 10. The topological polar surface area (TPSA) is 111 Å². The highest BCUT2D eigenvalue weighted by atomic mass is 31.2. The molecule has 0 saturated heterocycles. The lowest BCUT2D eigenvalue weighted by Crippen LogP contribution is -2.37. The van der Waals surface area contributed by atoms with Crippen LogP contribution < -0.4 is 4.89 Å². The third kappa shape index (κ3) is 39.4. The van der Waals surface area contributed by atoms with E-state index in [1.54, 1.807) is 0 Å². The summed E-state index contributed by atoms with van der Waals surface area (Å²) < 4.78 is 33.8. The van der Waals surface area contributed by atoms with Crippen LogP contribution in [0.3, 0.4) is 0 Å². The van der Waals surface area contributed by atoms with Crippen molar-refractivity contribution in [2.24, 2.45) is 0 Å². The Hall–Kier alpha value is -2.29. The molecule has 0 saturated carbocycles. The van der Waals surface area contributed by atoms with Crippen molar-refractivity contribution in [2.75, 3.05) is 47.5 Å². The van der Waals surface area contributed by atoms with Crippen molar-refractivity contribution in [2.45, 2.75) is 161 Å². The summed E-state index contributed by atoms with van der Waals surface area (Å²) in [5, 5.41) is 0. The molecule has 0 fully saturated rings.